The number of nitrogens with one attached hydrogen (secondary N) is 2. The first-order valence-electron chi connectivity index (χ1n) is 7.75. The molecule has 0 atom stereocenters. The van der Waals surface area contributed by atoms with Gasteiger partial charge in [-0.3, -0.25) is 4.90 Å². The van der Waals surface area contributed by atoms with Crippen LogP contribution in [0.1, 0.15) is 41.0 Å². The molecule has 4 nitrogen and oxygen atoms in total. The van der Waals surface area contributed by atoms with Crippen molar-refractivity contribution in [3.05, 3.63) is 18.2 Å². The van der Waals surface area contributed by atoms with Crippen molar-refractivity contribution in [3.63, 3.8) is 0 Å². The van der Waals surface area contributed by atoms with Crippen molar-refractivity contribution in [1.82, 2.24) is 9.88 Å². The third kappa shape index (κ3) is 5.78. The Bertz CT molecular complexity index is 368. The molecule has 1 rings (SSSR count). The second-order valence-electron chi connectivity index (χ2n) is 5.69. The molecule has 0 aliphatic rings. The molecule has 114 valence electrons. The van der Waals surface area contributed by atoms with Gasteiger partial charge in [0, 0.05) is 31.7 Å². The van der Waals surface area contributed by atoms with E-state index in [9.17, 15) is 0 Å². The Morgan fingerprint density at radius 2 is 1.55 bits per heavy atom. The molecule has 1 aromatic rings. The summed E-state index contributed by atoms with van der Waals surface area (Å²) in [6.07, 6.45) is 1.11. The molecule has 0 unspecified atom stereocenters. The largest absolute Gasteiger partial charge is 0.370 e. The summed E-state index contributed by atoms with van der Waals surface area (Å²) < 4.78 is 0. The van der Waals surface area contributed by atoms with E-state index < -0.39 is 0 Å². The quantitative estimate of drug-likeness (QED) is 0.726. The van der Waals surface area contributed by atoms with E-state index in [1.54, 1.807) is 0 Å². The number of rotatable bonds is 9. The molecule has 0 aliphatic carbocycles. The van der Waals surface area contributed by atoms with Crippen LogP contribution in [-0.4, -0.2) is 41.6 Å². The van der Waals surface area contributed by atoms with Gasteiger partial charge in [0.05, 0.1) is 0 Å². The standard InChI is InChI=1S/C16H30N4/c1-6-10-17-15-8-7-9-16(19-15)18-11-12-20(13(2)3)14(4)5/h7-9,13-14H,6,10-12H2,1-5H3,(H2,17,18,19). The highest BCUT2D eigenvalue weighted by Gasteiger charge is 2.12. The number of nitrogens with zero attached hydrogens (tertiary/aromatic N) is 2. The van der Waals surface area contributed by atoms with E-state index in [4.69, 9.17) is 0 Å². The van der Waals surface area contributed by atoms with Crippen LogP contribution in [0.25, 0.3) is 0 Å². The van der Waals surface area contributed by atoms with Crippen molar-refractivity contribution in [2.45, 2.75) is 53.1 Å². The van der Waals surface area contributed by atoms with Gasteiger partial charge in [-0.1, -0.05) is 13.0 Å². The highest BCUT2D eigenvalue weighted by molar-refractivity contribution is 5.44. The Morgan fingerprint density at radius 3 is 2.05 bits per heavy atom. The normalized spacial score (nSPS) is 11.4. The van der Waals surface area contributed by atoms with Gasteiger partial charge in [-0.25, -0.2) is 4.98 Å². The maximum atomic E-state index is 4.56. The molecule has 4 heteroatoms. The lowest BCUT2D eigenvalue weighted by Crippen LogP contribution is -2.40. The van der Waals surface area contributed by atoms with Gasteiger partial charge in [0.15, 0.2) is 0 Å². The lowest BCUT2D eigenvalue weighted by atomic mass is 10.2. The third-order valence-electron chi connectivity index (χ3n) is 3.31. The molecule has 0 radical (unpaired) electrons. The second kappa shape index (κ2) is 8.80. The van der Waals surface area contributed by atoms with Crippen LogP contribution in [0.15, 0.2) is 18.2 Å². The molecule has 0 amide bonds. The molecule has 0 aromatic carbocycles. The minimum atomic E-state index is 0.572. The molecule has 0 saturated carbocycles. The highest BCUT2D eigenvalue weighted by atomic mass is 15.2. The summed E-state index contributed by atoms with van der Waals surface area (Å²) >= 11 is 0. The maximum absolute atomic E-state index is 4.56. The second-order valence-corrected chi connectivity index (χ2v) is 5.69. The fraction of sp³-hybridized carbons (Fsp3) is 0.688. The predicted octanol–water partition coefficient (Wildman–Crippen LogP) is 3.43. The lowest BCUT2D eigenvalue weighted by Gasteiger charge is -2.30. The molecule has 2 N–H and O–H groups in total. The summed E-state index contributed by atoms with van der Waals surface area (Å²) in [5.41, 5.74) is 0. The molecule has 0 bridgehead atoms. The monoisotopic (exact) mass is 278 g/mol. The van der Waals surface area contributed by atoms with Crippen molar-refractivity contribution >= 4 is 11.6 Å². The van der Waals surface area contributed by atoms with Crippen LogP contribution in [0, 0.1) is 0 Å². The average Bonchev–Trinajstić information content (AvgIpc) is 2.41. The topological polar surface area (TPSA) is 40.2 Å². The van der Waals surface area contributed by atoms with Crippen LogP contribution < -0.4 is 10.6 Å². The Balaban J connectivity index is 2.45. The van der Waals surface area contributed by atoms with Gasteiger partial charge in [0.1, 0.15) is 11.6 Å². The van der Waals surface area contributed by atoms with E-state index >= 15 is 0 Å². The van der Waals surface area contributed by atoms with Gasteiger partial charge in [0.2, 0.25) is 0 Å². The lowest BCUT2D eigenvalue weighted by molar-refractivity contribution is 0.182. The van der Waals surface area contributed by atoms with Crippen molar-refractivity contribution in [3.8, 4) is 0 Å². The Hall–Kier alpha value is -1.29. The zero-order valence-corrected chi connectivity index (χ0v) is 13.6. The molecule has 20 heavy (non-hydrogen) atoms. The van der Waals surface area contributed by atoms with Crippen LogP contribution in [0.4, 0.5) is 11.6 Å². The first kappa shape index (κ1) is 16.8. The van der Waals surface area contributed by atoms with Gasteiger partial charge in [-0.05, 0) is 46.2 Å². The fourth-order valence-electron chi connectivity index (χ4n) is 2.31. The van der Waals surface area contributed by atoms with Crippen molar-refractivity contribution < 1.29 is 0 Å². The SMILES string of the molecule is CCCNc1cccc(NCCN(C(C)C)C(C)C)n1. The minimum Gasteiger partial charge on any atom is -0.370 e. The maximum Gasteiger partial charge on any atom is 0.128 e. The molecule has 1 aromatic heterocycles. The van der Waals surface area contributed by atoms with Crippen LogP contribution in [0.5, 0.6) is 0 Å². The van der Waals surface area contributed by atoms with Crippen LogP contribution in [-0.2, 0) is 0 Å². The Labute approximate surface area is 124 Å². The van der Waals surface area contributed by atoms with E-state index in [0.29, 0.717) is 12.1 Å². The summed E-state index contributed by atoms with van der Waals surface area (Å²) in [7, 11) is 0. The fourth-order valence-corrected chi connectivity index (χ4v) is 2.31. The third-order valence-corrected chi connectivity index (χ3v) is 3.31. The summed E-state index contributed by atoms with van der Waals surface area (Å²) in [5, 5.41) is 6.72. The number of aromatic nitrogens is 1. The first-order valence-corrected chi connectivity index (χ1v) is 7.75. The highest BCUT2D eigenvalue weighted by Crippen LogP contribution is 2.09. The summed E-state index contributed by atoms with van der Waals surface area (Å²) in [6.45, 7) is 14.0. The smallest absolute Gasteiger partial charge is 0.128 e. The van der Waals surface area contributed by atoms with Crippen molar-refractivity contribution in [2.75, 3.05) is 30.3 Å². The molecule has 1 heterocycles. The number of pyridine rings is 1. The predicted molar refractivity (Wildman–Crippen MR) is 88.5 cm³/mol. The van der Waals surface area contributed by atoms with Crippen molar-refractivity contribution in [1.29, 1.82) is 0 Å². The van der Waals surface area contributed by atoms with Gasteiger partial charge >= 0.3 is 0 Å². The van der Waals surface area contributed by atoms with Crippen LogP contribution in [0.3, 0.4) is 0 Å². The molecule has 0 fully saturated rings. The van der Waals surface area contributed by atoms with E-state index in [0.717, 1.165) is 37.7 Å². The zero-order chi connectivity index (χ0) is 15.0. The van der Waals surface area contributed by atoms with E-state index in [2.05, 4.69) is 55.1 Å². The molecular weight excluding hydrogens is 248 g/mol. The number of hydrogen-bond donors (Lipinski definition) is 2. The first-order chi connectivity index (χ1) is 9.54. The van der Waals surface area contributed by atoms with Gasteiger partial charge in [-0.2, -0.15) is 0 Å². The molecular formula is C16H30N4. The van der Waals surface area contributed by atoms with Crippen LogP contribution in [0.2, 0.25) is 0 Å². The van der Waals surface area contributed by atoms with E-state index in [1.165, 1.54) is 0 Å². The summed E-state index contributed by atoms with van der Waals surface area (Å²) in [5.74, 6) is 1.89. The molecule has 0 aliphatic heterocycles. The summed E-state index contributed by atoms with van der Waals surface area (Å²) in [4.78, 5) is 7.03. The van der Waals surface area contributed by atoms with Gasteiger partial charge in [-0.15, -0.1) is 0 Å². The van der Waals surface area contributed by atoms with Crippen LogP contribution >= 0.6 is 0 Å². The van der Waals surface area contributed by atoms with Gasteiger partial charge < -0.3 is 10.6 Å². The molecule has 0 saturated heterocycles. The van der Waals surface area contributed by atoms with E-state index in [1.807, 2.05) is 18.2 Å². The Morgan fingerprint density at radius 1 is 1.00 bits per heavy atom. The molecule has 0 spiro atoms. The van der Waals surface area contributed by atoms with Crippen molar-refractivity contribution in [2.24, 2.45) is 0 Å². The summed E-state index contributed by atoms with van der Waals surface area (Å²) in [6, 6.07) is 7.21. The Kier molecular flexibility index (Phi) is 7.37. The minimum absolute atomic E-state index is 0.572. The van der Waals surface area contributed by atoms with E-state index in [-0.39, 0.29) is 0 Å². The average molecular weight is 278 g/mol. The van der Waals surface area contributed by atoms with Gasteiger partial charge in [0.25, 0.3) is 0 Å². The number of hydrogen-bond acceptors (Lipinski definition) is 4. The zero-order valence-electron chi connectivity index (χ0n) is 13.6. The number of anilines is 2.